The van der Waals surface area contributed by atoms with Crippen molar-refractivity contribution in [3.8, 4) is 0 Å². The summed E-state index contributed by atoms with van der Waals surface area (Å²) in [5.41, 5.74) is 8.42. The Hall–Kier alpha value is -2.34. The molecule has 0 amide bonds. The fraction of sp³-hybridized carbons (Fsp3) is 0.400. The summed E-state index contributed by atoms with van der Waals surface area (Å²) in [6.45, 7) is 17.6. The van der Waals surface area contributed by atoms with Gasteiger partial charge in [0.15, 0.2) is 0 Å². The molecule has 0 aromatic rings. The highest BCUT2D eigenvalue weighted by Crippen LogP contribution is 2.40. The molecule has 0 aromatic carbocycles. The Morgan fingerprint density at radius 3 is 1.73 bits per heavy atom. The van der Waals surface area contributed by atoms with Crippen LogP contribution in [-0.4, -0.2) is 0 Å². The van der Waals surface area contributed by atoms with Gasteiger partial charge in [-0.1, -0.05) is 115 Å². The maximum atomic E-state index is 2.37. The van der Waals surface area contributed by atoms with Gasteiger partial charge in [0, 0.05) is 0 Å². The summed E-state index contributed by atoms with van der Waals surface area (Å²) in [4.78, 5) is 0. The first kappa shape index (κ1) is 25.7. The van der Waals surface area contributed by atoms with E-state index in [0.29, 0.717) is 5.41 Å². The first-order chi connectivity index (χ1) is 14.1. The number of hydrogen-bond acceptors (Lipinski definition) is 0. The zero-order chi connectivity index (χ0) is 22.6. The highest BCUT2D eigenvalue weighted by atomic mass is 14.3. The Labute approximate surface area is 186 Å². The Kier molecular flexibility index (Phi) is 11.2. The molecule has 0 saturated heterocycles. The van der Waals surface area contributed by atoms with E-state index in [1.54, 1.807) is 5.57 Å². The van der Waals surface area contributed by atoms with Gasteiger partial charge < -0.3 is 0 Å². The summed E-state index contributed by atoms with van der Waals surface area (Å²) < 4.78 is 0. The second-order valence-electron chi connectivity index (χ2n) is 9.34. The van der Waals surface area contributed by atoms with Crippen LogP contribution in [-0.2, 0) is 0 Å². The van der Waals surface area contributed by atoms with Crippen LogP contribution in [0.15, 0.2) is 106 Å². The lowest BCUT2D eigenvalue weighted by Gasteiger charge is -2.32. The summed E-state index contributed by atoms with van der Waals surface area (Å²) in [7, 11) is 0. The van der Waals surface area contributed by atoms with Crippen LogP contribution in [0.5, 0.6) is 0 Å². The highest BCUT2D eigenvalue weighted by molar-refractivity contribution is 5.37. The number of hydrogen-bond donors (Lipinski definition) is 0. The average molecular weight is 403 g/mol. The lowest BCUT2D eigenvalue weighted by Crippen LogP contribution is -2.19. The van der Waals surface area contributed by atoms with Crippen molar-refractivity contribution in [1.82, 2.24) is 0 Å². The lowest BCUT2D eigenvalue weighted by atomic mass is 9.72. The highest BCUT2D eigenvalue weighted by Gasteiger charge is 2.26. The van der Waals surface area contributed by atoms with Crippen molar-refractivity contribution >= 4 is 0 Å². The largest absolute Gasteiger partial charge is 0.0764 e. The molecule has 1 aliphatic carbocycles. The fourth-order valence-electron chi connectivity index (χ4n) is 3.55. The van der Waals surface area contributed by atoms with Crippen molar-refractivity contribution in [3.05, 3.63) is 106 Å². The molecule has 0 aliphatic heterocycles. The maximum absolute atomic E-state index is 2.37. The van der Waals surface area contributed by atoms with Crippen LogP contribution in [0.1, 0.15) is 74.7 Å². The van der Waals surface area contributed by atoms with E-state index < -0.39 is 0 Å². The van der Waals surface area contributed by atoms with Gasteiger partial charge in [-0.3, -0.25) is 0 Å². The van der Waals surface area contributed by atoms with Crippen LogP contribution < -0.4 is 0 Å². The van der Waals surface area contributed by atoms with E-state index in [9.17, 15) is 0 Å². The number of allylic oxidation sites excluding steroid dienone is 18. The molecule has 0 heteroatoms. The molecule has 0 atom stereocenters. The minimum absolute atomic E-state index is 0.301. The SMILES string of the molecule is CC(C)=C/C=C/C(C)=C/C=C/C(C)=C/C=C/C=C(C)/C=C/C1=C(C)CCCC1(C)C. The van der Waals surface area contributed by atoms with E-state index in [-0.39, 0.29) is 0 Å². The van der Waals surface area contributed by atoms with Crippen LogP contribution >= 0.6 is 0 Å². The van der Waals surface area contributed by atoms with Crippen molar-refractivity contribution in [3.63, 3.8) is 0 Å². The molecule has 162 valence electrons. The summed E-state index contributed by atoms with van der Waals surface area (Å²) in [5.74, 6) is 0. The van der Waals surface area contributed by atoms with Crippen molar-refractivity contribution in [1.29, 1.82) is 0 Å². The second-order valence-corrected chi connectivity index (χ2v) is 9.34. The van der Waals surface area contributed by atoms with E-state index in [2.05, 4.69) is 128 Å². The molecule has 0 saturated carbocycles. The van der Waals surface area contributed by atoms with Gasteiger partial charge in [-0.05, 0) is 71.8 Å². The van der Waals surface area contributed by atoms with Crippen molar-refractivity contribution < 1.29 is 0 Å². The maximum Gasteiger partial charge on any atom is -0.0104 e. The van der Waals surface area contributed by atoms with Crippen molar-refractivity contribution in [2.75, 3.05) is 0 Å². The molecule has 0 heterocycles. The molecule has 0 N–H and O–H groups in total. The number of rotatable bonds is 8. The predicted octanol–water partition coefficient (Wildman–Crippen LogP) is 9.54. The van der Waals surface area contributed by atoms with Crippen LogP contribution in [0.4, 0.5) is 0 Å². The van der Waals surface area contributed by atoms with E-state index in [4.69, 9.17) is 0 Å². The minimum Gasteiger partial charge on any atom is -0.0764 e. The van der Waals surface area contributed by atoms with Crippen LogP contribution in [0.2, 0.25) is 0 Å². The van der Waals surface area contributed by atoms with Gasteiger partial charge in [0.1, 0.15) is 0 Å². The molecule has 1 aliphatic rings. The van der Waals surface area contributed by atoms with Crippen LogP contribution in [0, 0.1) is 5.41 Å². The monoisotopic (exact) mass is 402 g/mol. The molecule has 0 spiro atoms. The summed E-state index contributed by atoms with van der Waals surface area (Å²) in [6, 6.07) is 0. The summed E-state index contributed by atoms with van der Waals surface area (Å²) in [6.07, 6.45) is 29.7. The molecule has 0 unspecified atom stereocenters. The van der Waals surface area contributed by atoms with Gasteiger partial charge in [-0.15, -0.1) is 0 Å². The van der Waals surface area contributed by atoms with Gasteiger partial charge in [0.05, 0.1) is 0 Å². The normalized spacial score (nSPS) is 19.1. The van der Waals surface area contributed by atoms with E-state index >= 15 is 0 Å². The predicted molar refractivity (Wildman–Crippen MR) is 138 cm³/mol. The quantitative estimate of drug-likeness (QED) is 0.354. The average Bonchev–Trinajstić information content (AvgIpc) is 2.64. The third kappa shape index (κ3) is 10.4. The minimum atomic E-state index is 0.301. The summed E-state index contributed by atoms with van der Waals surface area (Å²) >= 11 is 0. The Balaban J connectivity index is 2.65. The van der Waals surface area contributed by atoms with E-state index in [0.717, 1.165) is 0 Å². The van der Waals surface area contributed by atoms with Crippen molar-refractivity contribution in [2.45, 2.75) is 74.7 Å². The van der Waals surface area contributed by atoms with Gasteiger partial charge in [0.25, 0.3) is 0 Å². The second kappa shape index (κ2) is 13.1. The standard InChI is InChI=1S/C30H42/c1-24(2)14-11-17-26(4)19-12-18-25(3)15-9-10-16-27(5)21-22-29-28(6)20-13-23-30(29,7)8/h9-12,14-19,21-22H,13,20,23H2,1-8H3/b10-9+,17-11+,18-12+,22-21+,25-15+,26-19+,27-16+. The zero-order valence-electron chi connectivity index (χ0n) is 20.5. The molecule has 0 radical (unpaired) electrons. The summed E-state index contributed by atoms with van der Waals surface area (Å²) in [5, 5.41) is 0. The fourth-order valence-corrected chi connectivity index (χ4v) is 3.55. The molecule has 0 aromatic heterocycles. The smallest absolute Gasteiger partial charge is 0.0104 e. The Morgan fingerprint density at radius 2 is 1.20 bits per heavy atom. The van der Waals surface area contributed by atoms with E-state index in [1.807, 2.05) is 0 Å². The third-order valence-corrected chi connectivity index (χ3v) is 5.39. The van der Waals surface area contributed by atoms with Gasteiger partial charge in [-0.2, -0.15) is 0 Å². The third-order valence-electron chi connectivity index (χ3n) is 5.39. The molecule has 30 heavy (non-hydrogen) atoms. The van der Waals surface area contributed by atoms with Gasteiger partial charge >= 0.3 is 0 Å². The molecular weight excluding hydrogens is 360 g/mol. The molecule has 0 fully saturated rings. The van der Waals surface area contributed by atoms with Gasteiger partial charge in [0.2, 0.25) is 0 Å². The van der Waals surface area contributed by atoms with Crippen LogP contribution in [0.3, 0.4) is 0 Å². The molecule has 0 bridgehead atoms. The van der Waals surface area contributed by atoms with Crippen LogP contribution in [0.25, 0.3) is 0 Å². The zero-order valence-corrected chi connectivity index (χ0v) is 20.5. The first-order valence-corrected chi connectivity index (χ1v) is 11.2. The Morgan fingerprint density at radius 1 is 0.700 bits per heavy atom. The van der Waals surface area contributed by atoms with Gasteiger partial charge in [-0.25, -0.2) is 0 Å². The molecule has 1 rings (SSSR count). The molecular formula is C30H42. The topological polar surface area (TPSA) is 0 Å². The Bertz CT molecular complexity index is 832. The molecule has 0 nitrogen and oxygen atoms in total. The lowest BCUT2D eigenvalue weighted by molar-refractivity contribution is 0.377. The van der Waals surface area contributed by atoms with E-state index in [1.165, 1.54) is 47.1 Å². The first-order valence-electron chi connectivity index (χ1n) is 11.2. The van der Waals surface area contributed by atoms with Crippen molar-refractivity contribution in [2.24, 2.45) is 5.41 Å².